The lowest BCUT2D eigenvalue weighted by molar-refractivity contribution is -0.117. The molecule has 1 aromatic carbocycles. The molecule has 2 rings (SSSR count). The van der Waals surface area contributed by atoms with E-state index in [9.17, 15) is 4.79 Å². The molecule has 1 aromatic rings. The van der Waals surface area contributed by atoms with Crippen molar-refractivity contribution in [3.05, 3.63) is 29.8 Å². The molecule has 1 fully saturated rings. The van der Waals surface area contributed by atoms with Crippen LogP contribution in [0, 0.1) is 0 Å². The van der Waals surface area contributed by atoms with Crippen LogP contribution in [-0.4, -0.2) is 29.9 Å². The Morgan fingerprint density at radius 1 is 1.44 bits per heavy atom. The molecule has 0 radical (unpaired) electrons. The Balaban J connectivity index is 1.93. The van der Waals surface area contributed by atoms with E-state index in [4.69, 9.17) is 5.73 Å². The van der Waals surface area contributed by atoms with Crippen LogP contribution >= 0.6 is 0 Å². The third-order valence-corrected chi connectivity index (χ3v) is 3.33. The summed E-state index contributed by atoms with van der Waals surface area (Å²) in [5, 5.41) is 2.95. The molecule has 18 heavy (non-hydrogen) atoms. The van der Waals surface area contributed by atoms with Crippen molar-refractivity contribution in [1.82, 2.24) is 4.90 Å². The van der Waals surface area contributed by atoms with Crippen LogP contribution in [0.25, 0.3) is 0 Å². The predicted octanol–water partition coefficient (Wildman–Crippen LogP) is 1.57. The number of benzene rings is 1. The Labute approximate surface area is 108 Å². The van der Waals surface area contributed by atoms with Gasteiger partial charge in [-0.25, -0.2) is 0 Å². The fourth-order valence-electron chi connectivity index (χ4n) is 2.13. The van der Waals surface area contributed by atoms with Gasteiger partial charge >= 0.3 is 0 Å². The minimum absolute atomic E-state index is 0.0460. The molecule has 98 valence electrons. The van der Waals surface area contributed by atoms with Gasteiger partial charge in [-0.05, 0) is 31.0 Å². The minimum Gasteiger partial charge on any atom is -0.326 e. The molecule has 4 nitrogen and oxygen atoms in total. The molecule has 1 aliphatic rings. The summed E-state index contributed by atoms with van der Waals surface area (Å²) < 4.78 is 0. The van der Waals surface area contributed by atoms with Crippen LogP contribution in [0.4, 0.5) is 5.69 Å². The van der Waals surface area contributed by atoms with Crippen LogP contribution in [0.5, 0.6) is 0 Å². The fourth-order valence-corrected chi connectivity index (χ4v) is 2.13. The topological polar surface area (TPSA) is 58.4 Å². The third kappa shape index (κ3) is 3.31. The summed E-state index contributed by atoms with van der Waals surface area (Å²) >= 11 is 0. The Morgan fingerprint density at radius 2 is 2.17 bits per heavy atom. The minimum atomic E-state index is 0.0460. The van der Waals surface area contributed by atoms with E-state index in [0.717, 1.165) is 17.8 Å². The number of hydrogen-bond acceptors (Lipinski definition) is 3. The zero-order valence-corrected chi connectivity index (χ0v) is 10.9. The van der Waals surface area contributed by atoms with Crippen molar-refractivity contribution >= 4 is 11.6 Å². The number of likely N-dealkylation sites (N-methyl/N-ethyl adjacent to an activating group) is 1. The third-order valence-electron chi connectivity index (χ3n) is 3.33. The largest absolute Gasteiger partial charge is 0.326 e. The van der Waals surface area contributed by atoms with Crippen LogP contribution in [0.1, 0.15) is 25.3 Å². The first kappa shape index (κ1) is 13.1. The summed E-state index contributed by atoms with van der Waals surface area (Å²) in [6, 6.07) is 8.29. The lowest BCUT2D eigenvalue weighted by Crippen LogP contribution is -2.34. The van der Waals surface area contributed by atoms with Gasteiger partial charge in [0.1, 0.15) is 0 Å². The van der Waals surface area contributed by atoms with E-state index in [0.29, 0.717) is 19.1 Å². The number of amides is 1. The van der Waals surface area contributed by atoms with Crippen molar-refractivity contribution in [2.75, 3.05) is 18.4 Å². The van der Waals surface area contributed by atoms with Gasteiger partial charge in [0, 0.05) is 18.3 Å². The van der Waals surface area contributed by atoms with Crippen LogP contribution in [0.3, 0.4) is 0 Å². The number of nitrogens with one attached hydrogen (secondary N) is 1. The van der Waals surface area contributed by atoms with Crippen molar-refractivity contribution in [2.24, 2.45) is 5.73 Å². The highest BCUT2D eigenvalue weighted by Gasteiger charge is 2.28. The number of nitrogens with zero attached hydrogens (tertiary/aromatic N) is 1. The van der Waals surface area contributed by atoms with Gasteiger partial charge in [0.15, 0.2) is 0 Å². The summed E-state index contributed by atoms with van der Waals surface area (Å²) in [5.74, 6) is 0.0460. The van der Waals surface area contributed by atoms with Crippen LogP contribution in [0.2, 0.25) is 0 Å². The lowest BCUT2D eigenvalue weighted by Gasteiger charge is -2.19. The first-order valence-electron chi connectivity index (χ1n) is 6.56. The Kier molecular flexibility index (Phi) is 4.33. The van der Waals surface area contributed by atoms with E-state index in [1.165, 1.54) is 12.8 Å². The predicted molar refractivity (Wildman–Crippen MR) is 73.2 cm³/mol. The highest BCUT2D eigenvalue weighted by Crippen LogP contribution is 2.26. The van der Waals surface area contributed by atoms with Crippen LogP contribution in [0.15, 0.2) is 24.3 Å². The molecule has 0 bridgehead atoms. The second-order valence-electron chi connectivity index (χ2n) is 4.70. The molecule has 0 atom stereocenters. The van der Waals surface area contributed by atoms with E-state index in [2.05, 4.69) is 17.1 Å². The molecule has 0 aromatic heterocycles. The number of carbonyl (C=O) groups is 1. The monoisotopic (exact) mass is 247 g/mol. The summed E-state index contributed by atoms with van der Waals surface area (Å²) in [7, 11) is 0. The van der Waals surface area contributed by atoms with Gasteiger partial charge in [0.2, 0.25) is 5.91 Å². The van der Waals surface area contributed by atoms with Gasteiger partial charge in [-0.1, -0.05) is 25.1 Å². The lowest BCUT2D eigenvalue weighted by atomic mass is 10.2. The summed E-state index contributed by atoms with van der Waals surface area (Å²) in [4.78, 5) is 14.2. The van der Waals surface area contributed by atoms with E-state index < -0.39 is 0 Å². The van der Waals surface area contributed by atoms with Crippen LogP contribution in [-0.2, 0) is 11.3 Å². The maximum atomic E-state index is 12.0. The SMILES string of the molecule is CCN(CC(=O)Nc1ccccc1CN)C1CC1. The number of hydrogen-bond donors (Lipinski definition) is 2. The van der Waals surface area contributed by atoms with Gasteiger partial charge in [0.25, 0.3) is 0 Å². The maximum Gasteiger partial charge on any atom is 0.238 e. The molecule has 1 amide bonds. The molecule has 0 unspecified atom stereocenters. The van der Waals surface area contributed by atoms with E-state index >= 15 is 0 Å². The van der Waals surface area contributed by atoms with Crippen molar-refractivity contribution in [3.8, 4) is 0 Å². The number of rotatable bonds is 6. The molecule has 0 spiro atoms. The maximum absolute atomic E-state index is 12.0. The highest BCUT2D eigenvalue weighted by molar-refractivity contribution is 5.93. The Hall–Kier alpha value is -1.39. The van der Waals surface area contributed by atoms with Crippen molar-refractivity contribution in [2.45, 2.75) is 32.4 Å². The fraction of sp³-hybridized carbons (Fsp3) is 0.500. The van der Waals surface area contributed by atoms with Gasteiger partial charge in [-0.15, -0.1) is 0 Å². The first-order chi connectivity index (χ1) is 8.74. The highest BCUT2D eigenvalue weighted by atomic mass is 16.2. The molecule has 0 heterocycles. The van der Waals surface area contributed by atoms with E-state index in [1.54, 1.807) is 0 Å². The number of anilines is 1. The van der Waals surface area contributed by atoms with E-state index in [1.807, 2.05) is 24.3 Å². The molecule has 1 aliphatic carbocycles. The number of nitrogens with two attached hydrogens (primary N) is 1. The van der Waals surface area contributed by atoms with Crippen molar-refractivity contribution < 1.29 is 4.79 Å². The molecule has 0 saturated heterocycles. The van der Waals surface area contributed by atoms with Gasteiger partial charge in [-0.2, -0.15) is 0 Å². The summed E-state index contributed by atoms with van der Waals surface area (Å²) in [5.41, 5.74) is 7.45. The zero-order chi connectivity index (χ0) is 13.0. The molecular formula is C14H21N3O. The summed E-state index contributed by atoms with van der Waals surface area (Å²) in [6.07, 6.45) is 2.45. The molecule has 0 aliphatic heterocycles. The zero-order valence-electron chi connectivity index (χ0n) is 10.9. The Morgan fingerprint density at radius 3 is 2.78 bits per heavy atom. The van der Waals surface area contributed by atoms with Gasteiger partial charge < -0.3 is 11.1 Å². The Bertz CT molecular complexity index is 415. The second kappa shape index (κ2) is 5.98. The standard InChI is InChI=1S/C14H21N3O/c1-2-17(12-7-8-12)10-14(18)16-13-6-4-3-5-11(13)9-15/h3-6,12H,2,7-10,15H2,1H3,(H,16,18). The molecule has 4 heteroatoms. The van der Waals surface area contributed by atoms with E-state index in [-0.39, 0.29) is 5.91 Å². The summed E-state index contributed by atoms with van der Waals surface area (Å²) in [6.45, 7) is 3.94. The van der Waals surface area contributed by atoms with Gasteiger partial charge in [-0.3, -0.25) is 9.69 Å². The van der Waals surface area contributed by atoms with Crippen molar-refractivity contribution in [3.63, 3.8) is 0 Å². The smallest absolute Gasteiger partial charge is 0.238 e. The molecular weight excluding hydrogens is 226 g/mol. The van der Waals surface area contributed by atoms with Crippen molar-refractivity contribution in [1.29, 1.82) is 0 Å². The average Bonchev–Trinajstić information content (AvgIpc) is 3.21. The second-order valence-corrected chi connectivity index (χ2v) is 4.70. The average molecular weight is 247 g/mol. The normalized spacial score (nSPS) is 14.8. The quantitative estimate of drug-likeness (QED) is 0.802. The van der Waals surface area contributed by atoms with Gasteiger partial charge in [0.05, 0.1) is 6.54 Å². The number of carbonyl (C=O) groups excluding carboxylic acids is 1. The molecule has 3 N–H and O–H groups in total. The molecule has 1 saturated carbocycles. The first-order valence-corrected chi connectivity index (χ1v) is 6.56. The number of para-hydroxylation sites is 1. The van der Waals surface area contributed by atoms with Crippen LogP contribution < -0.4 is 11.1 Å².